The lowest BCUT2D eigenvalue weighted by Crippen LogP contribution is -2.28. The van der Waals surface area contributed by atoms with Crippen LogP contribution in [-0.2, 0) is 13.0 Å². The fourth-order valence-corrected chi connectivity index (χ4v) is 1.97. The van der Waals surface area contributed by atoms with E-state index in [1.807, 2.05) is 13.8 Å². The number of aryl methyl sites for hydroxylation is 1. The van der Waals surface area contributed by atoms with E-state index in [0.717, 1.165) is 31.8 Å². The SMILES string of the molecule is CC.CCc1cc(CN(C)CCN(C)C)ccc1OC. The van der Waals surface area contributed by atoms with Gasteiger partial charge in [0, 0.05) is 19.6 Å². The monoisotopic (exact) mass is 280 g/mol. The molecule has 0 N–H and O–H groups in total. The Morgan fingerprint density at radius 3 is 2.20 bits per heavy atom. The first-order valence-electron chi connectivity index (χ1n) is 7.55. The van der Waals surface area contributed by atoms with Crippen molar-refractivity contribution in [2.45, 2.75) is 33.7 Å². The van der Waals surface area contributed by atoms with Gasteiger partial charge in [-0.3, -0.25) is 0 Å². The second-order valence-electron chi connectivity index (χ2n) is 5.04. The first-order valence-corrected chi connectivity index (χ1v) is 7.55. The molecule has 0 radical (unpaired) electrons. The Labute approximate surface area is 125 Å². The van der Waals surface area contributed by atoms with Crippen LogP contribution < -0.4 is 4.74 Å². The van der Waals surface area contributed by atoms with Crippen LogP contribution in [0.3, 0.4) is 0 Å². The second kappa shape index (κ2) is 10.7. The Bertz CT molecular complexity index is 364. The highest BCUT2D eigenvalue weighted by atomic mass is 16.5. The second-order valence-corrected chi connectivity index (χ2v) is 5.04. The zero-order chi connectivity index (χ0) is 15.5. The highest BCUT2D eigenvalue weighted by Crippen LogP contribution is 2.20. The Hall–Kier alpha value is -1.06. The lowest BCUT2D eigenvalue weighted by Gasteiger charge is -2.20. The van der Waals surface area contributed by atoms with Gasteiger partial charge in [-0.25, -0.2) is 0 Å². The van der Waals surface area contributed by atoms with Gasteiger partial charge in [-0.15, -0.1) is 0 Å². The number of methoxy groups -OCH3 is 1. The van der Waals surface area contributed by atoms with Crippen molar-refractivity contribution in [3.8, 4) is 5.75 Å². The summed E-state index contributed by atoms with van der Waals surface area (Å²) in [5.41, 5.74) is 2.64. The van der Waals surface area contributed by atoms with E-state index >= 15 is 0 Å². The Morgan fingerprint density at radius 2 is 1.70 bits per heavy atom. The maximum atomic E-state index is 5.35. The molecule has 116 valence electrons. The van der Waals surface area contributed by atoms with E-state index in [1.54, 1.807) is 7.11 Å². The van der Waals surface area contributed by atoms with Crippen molar-refractivity contribution in [2.24, 2.45) is 0 Å². The van der Waals surface area contributed by atoms with E-state index in [9.17, 15) is 0 Å². The van der Waals surface area contributed by atoms with Crippen LogP contribution in [0.2, 0.25) is 0 Å². The maximum absolute atomic E-state index is 5.35. The third kappa shape index (κ3) is 6.92. The molecular weight excluding hydrogens is 248 g/mol. The minimum absolute atomic E-state index is 0.991. The summed E-state index contributed by atoms with van der Waals surface area (Å²) in [5.74, 6) is 0.997. The van der Waals surface area contributed by atoms with Crippen LogP contribution in [0.15, 0.2) is 18.2 Å². The molecule has 1 aromatic carbocycles. The summed E-state index contributed by atoms with van der Waals surface area (Å²) in [6.07, 6.45) is 1.01. The van der Waals surface area contributed by atoms with E-state index in [1.165, 1.54) is 11.1 Å². The molecule has 1 rings (SSSR count). The molecule has 0 bridgehead atoms. The quantitative estimate of drug-likeness (QED) is 0.762. The average Bonchev–Trinajstić information content (AvgIpc) is 2.47. The fourth-order valence-electron chi connectivity index (χ4n) is 1.97. The number of benzene rings is 1. The van der Waals surface area contributed by atoms with Gasteiger partial charge >= 0.3 is 0 Å². The van der Waals surface area contributed by atoms with Gasteiger partial charge in [0.05, 0.1) is 7.11 Å². The largest absolute Gasteiger partial charge is 0.496 e. The lowest BCUT2D eigenvalue weighted by atomic mass is 10.1. The third-order valence-electron chi connectivity index (χ3n) is 3.11. The molecule has 3 heteroatoms. The third-order valence-corrected chi connectivity index (χ3v) is 3.11. The summed E-state index contributed by atoms with van der Waals surface area (Å²) in [6, 6.07) is 6.49. The smallest absolute Gasteiger partial charge is 0.122 e. The van der Waals surface area contributed by atoms with Crippen LogP contribution in [0.5, 0.6) is 5.75 Å². The molecule has 0 saturated heterocycles. The van der Waals surface area contributed by atoms with Gasteiger partial charge < -0.3 is 14.5 Å². The standard InChI is InChI=1S/C15H26N2O.C2H6/c1-6-14-11-13(7-8-15(14)18-5)12-17(4)10-9-16(2)3;1-2/h7-8,11H,6,9-10,12H2,1-5H3;1-2H3. The summed E-state index contributed by atoms with van der Waals surface area (Å²) in [6.45, 7) is 9.33. The van der Waals surface area contributed by atoms with Gasteiger partial charge in [-0.05, 0) is 44.8 Å². The van der Waals surface area contributed by atoms with Gasteiger partial charge in [0.15, 0.2) is 0 Å². The topological polar surface area (TPSA) is 15.7 Å². The van der Waals surface area contributed by atoms with Crippen LogP contribution >= 0.6 is 0 Å². The minimum Gasteiger partial charge on any atom is -0.496 e. The highest BCUT2D eigenvalue weighted by Gasteiger charge is 2.05. The zero-order valence-electron chi connectivity index (χ0n) is 14.4. The molecule has 1 aromatic rings. The molecule has 0 aliphatic carbocycles. The Balaban J connectivity index is 0.00000172. The molecule has 0 spiro atoms. The predicted molar refractivity (Wildman–Crippen MR) is 88.6 cm³/mol. The van der Waals surface area contributed by atoms with Crippen molar-refractivity contribution in [3.05, 3.63) is 29.3 Å². The van der Waals surface area contributed by atoms with Crippen LogP contribution in [0.25, 0.3) is 0 Å². The molecule has 20 heavy (non-hydrogen) atoms. The number of likely N-dealkylation sites (N-methyl/N-ethyl adjacent to an activating group) is 2. The zero-order valence-corrected chi connectivity index (χ0v) is 14.4. The van der Waals surface area contributed by atoms with Crippen molar-refractivity contribution >= 4 is 0 Å². The number of rotatable bonds is 7. The van der Waals surface area contributed by atoms with Gasteiger partial charge in [-0.1, -0.05) is 32.9 Å². The van der Waals surface area contributed by atoms with Crippen molar-refractivity contribution < 1.29 is 4.74 Å². The first-order chi connectivity index (χ1) is 9.56. The van der Waals surface area contributed by atoms with Crippen LogP contribution in [0.4, 0.5) is 0 Å². The van der Waals surface area contributed by atoms with Gasteiger partial charge in [0.2, 0.25) is 0 Å². The molecule has 3 nitrogen and oxygen atoms in total. The van der Waals surface area contributed by atoms with Gasteiger partial charge in [-0.2, -0.15) is 0 Å². The molecule has 0 aromatic heterocycles. The van der Waals surface area contributed by atoms with E-state index in [0.29, 0.717) is 0 Å². The Morgan fingerprint density at radius 1 is 1.05 bits per heavy atom. The van der Waals surface area contributed by atoms with Crippen molar-refractivity contribution in [1.82, 2.24) is 9.80 Å². The maximum Gasteiger partial charge on any atom is 0.122 e. The molecule has 0 atom stereocenters. The summed E-state index contributed by atoms with van der Waals surface area (Å²) >= 11 is 0. The molecule has 0 aliphatic rings. The van der Waals surface area contributed by atoms with Crippen molar-refractivity contribution in [1.29, 1.82) is 0 Å². The molecule has 0 amide bonds. The highest BCUT2D eigenvalue weighted by molar-refractivity contribution is 5.37. The van der Waals surface area contributed by atoms with Crippen molar-refractivity contribution in [3.63, 3.8) is 0 Å². The molecular formula is C17H32N2O. The van der Waals surface area contributed by atoms with Crippen LogP contribution in [0.1, 0.15) is 31.9 Å². The summed E-state index contributed by atoms with van der Waals surface area (Å²) < 4.78 is 5.35. The normalized spacial score (nSPS) is 10.4. The summed E-state index contributed by atoms with van der Waals surface area (Å²) in [7, 11) is 8.11. The molecule has 0 fully saturated rings. The van der Waals surface area contributed by atoms with Gasteiger partial charge in [0.25, 0.3) is 0 Å². The number of hydrogen-bond donors (Lipinski definition) is 0. The molecule has 0 aliphatic heterocycles. The van der Waals surface area contributed by atoms with Crippen molar-refractivity contribution in [2.75, 3.05) is 41.3 Å². The Kier molecular flexibility index (Phi) is 10.1. The average molecular weight is 280 g/mol. The number of ether oxygens (including phenoxy) is 1. The summed E-state index contributed by atoms with van der Waals surface area (Å²) in [4.78, 5) is 4.56. The predicted octanol–water partition coefficient (Wildman–Crippen LogP) is 3.28. The molecule has 0 unspecified atom stereocenters. The van der Waals surface area contributed by atoms with Crippen LogP contribution in [-0.4, -0.2) is 51.1 Å². The van der Waals surface area contributed by atoms with E-state index < -0.39 is 0 Å². The number of nitrogens with zero attached hydrogens (tertiary/aromatic N) is 2. The van der Waals surface area contributed by atoms with E-state index in [-0.39, 0.29) is 0 Å². The van der Waals surface area contributed by atoms with E-state index in [2.05, 4.69) is 56.1 Å². The summed E-state index contributed by atoms with van der Waals surface area (Å²) in [5, 5.41) is 0. The fraction of sp³-hybridized carbons (Fsp3) is 0.647. The van der Waals surface area contributed by atoms with E-state index in [4.69, 9.17) is 4.74 Å². The van der Waals surface area contributed by atoms with Crippen LogP contribution in [0, 0.1) is 0 Å². The minimum atomic E-state index is 0.991. The number of hydrogen-bond acceptors (Lipinski definition) is 3. The lowest BCUT2D eigenvalue weighted by molar-refractivity contribution is 0.276. The molecule has 0 heterocycles. The molecule has 0 saturated carbocycles. The van der Waals surface area contributed by atoms with Gasteiger partial charge in [0.1, 0.15) is 5.75 Å². The first kappa shape index (κ1) is 18.9.